The van der Waals surface area contributed by atoms with Gasteiger partial charge in [-0.3, -0.25) is 4.90 Å². The molecule has 2 N–H and O–H groups in total. The Balaban J connectivity index is 1.94. The number of aliphatic hydroxyl groups is 2. The van der Waals surface area contributed by atoms with Crippen molar-refractivity contribution in [3.05, 3.63) is 18.1 Å². The van der Waals surface area contributed by atoms with Crippen molar-refractivity contribution < 1.29 is 19.7 Å². The number of carbonyl (C=O) groups is 1. The fraction of sp³-hybridized carbons (Fsp3) is 0.643. The molecule has 1 aliphatic heterocycles. The van der Waals surface area contributed by atoms with Crippen LogP contribution in [0, 0.1) is 0 Å². The molecule has 0 saturated carbocycles. The van der Waals surface area contributed by atoms with Crippen LogP contribution < -0.4 is 4.90 Å². The van der Waals surface area contributed by atoms with E-state index in [0.717, 1.165) is 26.2 Å². The van der Waals surface area contributed by atoms with E-state index in [0.29, 0.717) is 12.4 Å². The summed E-state index contributed by atoms with van der Waals surface area (Å²) in [5.41, 5.74) is 0. The number of aliphatic hydroxyl groups excluding tert-OH is 2. The molecule has 122 valence electrons. The van der Waals surface area contributed by atoms with Gasteiger partial charge in [0, 0.05) is 38.9 Å². The Labute approximate surface area is 129 Å². The van der Waals surface area contributed by atoms with Gasteiger partial charge < -0.3 is 19.8 Å². The van der Waals surface area contributed by atoms with E-state index >= 15 is 0 Å². The molecular weight excluding hydrogens is 288 g/mol. The zero-order chi connectivity index (χ0) is 15.9. The average molecular weight is 310 g/mol. The first-order chi connectivity index (χ1) is 10.6. The van der Waals surface area contributed by atoms with Gasteiger partial charge in [0.1, 0.15) is 5.82 Å². The highest BCUT2D eigenvalue weighted by Gasteiger charge is 2.21. The van der Waals surface area contributed by atoms with Gasteiger partial charge >= 0.3 is 5.97 Å². The molecule has 22 heavy (non-hydrogen) atoms. The van der Waals surface area contributed by atoms with Crippen LogP contribution in [-0.2, 0) is 4.74 Å². The SMILES string of the molecule is CCOC(=O)c1nccc(N2CCN(CC(O)CO)CC2)n1. The second kappa shape index (κ2) is 8.02. The van der Waals surface area contributed by atoms with Gasteiger partial charge in [-0.2, -0.15) is 0 Å². The lowest BCUT2D eigenvalue weighted by Gasteiger charge is -2.36. The number of rotatable bonds is 6. The highest BCUT2D eigenvalue weighted by atomic mass is 16.5. The highest BCUT2D eigenvalue weighted by molar-refractivity contribution is 5.85. The molecule has 0 spiro atoms. The summed E-state index contributed by atoms with van der Waals surface area (Å²) >= 11 is 0. The minimum atomic E-state index is -0.707. The number of β-amino-alcohol motifs (C(OH)–C–C–N with tert-alkyl or cyclic N) is 1. The predicted molar refractivity (Wildman–Crippen MR) is 79.7 cm³/mol. The summed E-state index contributed by atoms with van der Waals surface area (Å²) in [4.78, 5) is 24.0. The van der Waals surface area contributed by atoms with Crippen molar-refractivity contribution in [3.8, 4) is 0 Å². The summed E-state index contributed by atoms with van der Waals surface area (Å²) in [7, 11) is 0. The topological polar surface area (TPSA) is 99.0 Å². The van der Waals surface area contributed by atoms with Gasteiger partial charge in [-0.25, -0.2) is 14.8 Å². The maximum atomic E-state index is 11.7. The third-order valence-electron chi connectivity index (χ3n) is 3.47. The van der Waals surface area contributed by atoms with Crippen LogP contribution in [0.25, 0.3) is 0 Å². The van der Waals surface area contributed by atoms with Crippen molar-refractivity contribution in [2.45, 2.75) is 13.0 Å². The summed E-state index contributed by atoms with van der Waals surface area (Å²) in [6, 6.07) is 1.76. The summed E-state index contributed by atoms with van der Waals surface area (Å²) in [6.45, 7) is 5.25. The molecule has 0 bridgehead atoms. The van der Waals surface area contributed by atoms with Crippen LogP contribution in [0.4, 0.5) is 5.82 Å². The van der Waals surface area contributed by atoms with Crippen LogP contribution in [0.15, 0.2) is 12.3 Å². The second-order valence-electron chi connectivity index (χ2n) is 5.08. The normalized spacial score (nSPS) is 17.3. The Kier molecular flexibility index (Phi) is 6.05. The van der Waals surface area contributed by atoms with Crippen molar-refractivity contribution in [1.82, 2.24) is 14.9 Å². The van der Waals surface area contributed by atoms with E-state index in [2.05, 4.69) is 19.8 Å². The number of aromatic nitrogens is 2. The lowest BCUT2D eigenvalue weighted by atomic mass is 10.2. The third kappa shape index (κ3) is 4.36. The van der Waals surface area contributed by atoms with Crippen LogP contribution >= 0.6 is 0 Å². The third-order valence-corrected chi connectivity index (χ3v) is 3.47. The monoisotopic (exact) mass is 310 g/mol. The Bertz CT molecular complexity index is 491. The molecule has 0 aliphatic carbocycles. The lowest BCUT2D eigenvalue weighted by Crippen LogP contribution is -2.49. The number of esters is 1. The summed E-state index contributed by atoms with van der Waals surface area (Å²) in [6.07, 6.45) is 0.845. The molecule has 1 atom stereocenters. The highest BCUT2D eigenvalue weighted by Crippen LogP contribution is 2.13. The first-order valence-corrected chi connectivity index (χ1v) is 7.40. The summed E-state index contributed by atoms with van der Waals surface area (Å²) in [5, 5.41) is 18.3. The molecule has 1 aromatic heterocycles. The van der Waals surface area contributed by atoms with E-state index in [-0.39, 0.29) is 19.0 Å². The Morgan fingerprint density at radius 2 is 2.14 bits per heavy atom. The Morgan fingerprint density at radius 1 is 1.41 bits per heavy atom. The standard InChI is InChI=1S/C14H22N4O4/c1-2-22-14(21)13-15-4-3-12(16-13)18-7-5-17(6-8-18)9-11(20)10-19/h3-4,11,19-20H,2,5-10H2,1H3. The Hall–Kier alpha value is -1.77. The minimum Gasteiger partial charge on any atom is -0.460 e. The molecule has 1 aromatic rings. The summed E-state index contributed by atoms with van der Waals surface area (Å²) in [5.74, 6) is 0.243. The molecule has 0 aromatic carbocycles. The Morgan fingerprint density at radius 3 is 2.77 bits per heavy atom. The van der Waals surface area contributed by atoms with Crippen LogP contribution in [0.5, 0.6) is 0 Å². The van der Waals surface area contributed by atoms with Gasteiger partial charge in [-0.1, -0.05) is 0 Å². The predicted octanol–water partition coefficient (Wildman–Crippen LogP) is -0.871. The van der Waals surface area contributed by atoms with E-state index < -0.39 is 12.1 Å². The summed E-state index contributed by atoms with van der Waals surface area (Å²) < 4.78 is 4.90. The lowest BCUT2D eigenvalue weighted by molar-refractivity contribution is 0.0511. The number of nitrogens with zero attached hydrogens (tertiary/aromatic N) is 4. The number of piperazine rings is 1. The van der Waals surface area contributed by atoms with E-state index in [4.69, 9.17) is 9.84 Å². The quantitative estimate of drug-likeness (QED) is 0.654. The van der Waals surface area contributed by atoms with Crippen LogP contribution in [-0.4, -0.2) is 83.1 Å². The fourth-order valence-electron chi connectivity index (χ4n) is 2.33. The molecular formula is C14H22N4O4. The maximum Gasteiger partial charge on any atom is 0.376 e. The van der Waals surface area contributed by atoms with Crippen LogP contribution in [0.1, 0.15) is 17.5 Å². The van der Waals surface area contributed by atoms with E-state index in [1.165, 1.54) is 0 Å². The molecule has 8 heteroatoms. The van der Waals surface area contributed by atoms with Gasteiger partial charge in [0.2, 0.25) is 5.82 Å². The zero-order valence-corrected chi connectivity index (χ0v) is 12.7. The van der Waals surface area contributed by atoms with Crippen LogP contribution in [0.3, 0.4) is 0 Å². The van der Waals surface area contributed by atoms with Gasteiger partial charge in [-0.15, -0.1) is 0 Å². The van der Waals surface area contributed by atoms with Gasteiger partial charge in [0.25, 0.3) is 0 Å². The van der Waals surface area contributed by atoms with Crippen molar-refractivity contribution in [2.75, 3.05) is 50.8 Å². The van der Waals surface area contributed by atoms with Gasteiger partial charge in [-0.05, 0) is 13.0 Å². The van der Waals surface area contributed by atoms with E-state index in [9.17, 15) is 9.90 Å². The molecule has 0 radical (unpaired) electrons. The average Bonchev–Trinajstić information content (AvgIpc) is 2.56. The first-order valence-electron chi connectivity index (χ1n) is 7.40. The largest absolute Gasteiger partial charge is 0.460 e. The molecule has 1 saturated heterocycles. The van der Waals surface area contributed by atoms with Gasteiger partial charge in [0.05, 0.1) is 19.3 Å². The molecule has 1 aliphatic rings. The maximum absolute atomic E-state index is 11.7. The molecule has 0 amide bonds. The number of ether oxygens (including phenoxy) is 1. The zero-order valence-electron chi connectivity index (χ0n) is 12.7. The first kappa shape index (κ1) is 16.6. The van der Waals surface area contributed by atoms with Crippen molar-refractivity contribution in [2.24, 2.45) is 0 Å². The molecule has 8 nitrogen and oxygen atoms in total. The molecule has 2 heterocycles. The van der Waals surface area contributed by atoms with Crippen molar-refractivity contribution in [3.63, 3.8) is 0 Å². The smallest absolute Gasteiger partial charge is 0.376 e. The molecule has 2 rings (SSSR count). The van der Waals surface area contributed by atoms with Crippen molar-refractivity contribution >= 4 is 11.8 Å². The number of hydrogen-bond acceptors (Lipinski definition) is 8. The van der Waals surface area contributed by atoms with Crippen molar-refractivity contribution in [1.29, 1.82) is 0 Å². The van der Waals surface area contributed by atoms with E-state index in [1.54, 1.807) is 19.2 Å². The van der Waals surface area contributed by atoms with Crippen LogP contribution in [0.2, 0.25) is 0 Å². The molecule has 1 fully saturated rings. The second-order valence-corrected chi connectivity index (χ2v) is 5.08. The fourth-order valence-corrected chi connectivity index (χ4v) is 2.33. The number of anilines is 1. The number of hydrogen-bond donors (Lipinski definition) is 2. The van der Waals surface area contributed by atoms with E-state index in [1.807, 2.05) is 0 Å². The number of carbonyl (C=O) groups excluding carboxylic acids is 1. The minimum absolute atomic E-state index is 0.0671. The molecule has 1 unspecified atom stereocenters. The van der Waals surface area contributed by atoms with Gasteiger partial charge in [0.15, 0.2) is 0 Å².